The zero-order chi connectivity index (χ0) is 6.36. The second kappa shape index (κ2) is 4.30. The molecule has 1 aromatic rings. The first-order chi connectivity index (χ1) is 4.50. The second-order valence-electron chi connectivity index (χ2n) is 1.46. The van der Waals surface area contributed by atoms with Crippen LogP contribution in [0.15, 0.2) is 41.5 Å². The zero-order valence-corrected chi connectivity index (χ0v) is 6.61. The molecule has 0 unspecified atom stereocenters. The van der Waals surface area contributed by atoms with Crippen LogP contribution in [0, 0.1) is 0 Å². The summed E-state index contributed by atoms with van der Waals surface area (Å²) in [6.07, 6.45) is 1.83. The van der Waals surface area contributed by atoms with Crippen LogP contribution in [0.2, 0.25) is 0 Å². The molecule has 0 atom stereocenters. The Bertz CT molecular complexity index is 131. The van der Waals surface area contributed by atoms with Crippen LogP contribution in [0.5, 0.6) is 0 Å². The molecule has 1 rings (SSSR count). The van der Waals surface area contributed by atoms with Crippen molar-refractivity contribution >= 4 is 14.7 Å². The molecule has 0 saturated carbocycles. The molecule has 0 amide bonds. The van der Waals surface area contributed by atoms with Crippen LogP contribution in [-0.2, 0) is 0 Å². The number of nitrogens with zero attached hydrogens (tertiary/aromatic N) is 1. The van der Waals surface area contributed by atoms with Gasteiger partial charge < -0.3 is 0 Å². The molecular weight excluding hydrogens is 177 g/mol. The van der Waals surface area contributed by atoms with Crippen molar-refractivity contribution in [1.29, 1.82) is 0 Å². The van der Waals surface area contributed by atoms with Gasteiger partial charge in [-0.1, -0.05) is 0 Å². The maximum absolute atomic E-state index is 4.11. The summed E-state index contributed by atoms with van der Waals surface area (Å²) in [5, 5.41) is 0. The summed E-state index contributed by atoms with van der Waals surface area (Å²) in [6, 6.07) is 9.92. The van der Waals surface area contributed by atoms with Gasteiger partial charge in [0.2, 0.25) is 0 Å². The van der Waals surface area contributed by atoms with Gasteiger partial charge in [0, 0.05) is 0 Å². The van der Waals surface area contributed by atoms with E-state index in [1.54, 1.807) is 0 Å². The van der Waals surface area contributed by atoms with Gasteiger partial charge in [-0.05, 0) is 0 Å². The van der Waals surface area contributed by atoms with Gasteiger partial charge >= 0.3 is 60.2 Å². The van der Waals surface area contributed by atoms with Gasteiger partial charge in [0.15, 0.2) is 0 Å². The van der Waals surface area contributed by atoms with Gasteiger partial charge in [-0.25, -0.2) is 0 Å². The summed E-state index contributed by atoms with van der Waals surface area (Å²) in [5.41, 5.74) is 0. The Morgan fingerprint density at radius 1 is 0.889 bits per heavy atom. The van der Waals surface area contributed by atoms with E-state index in [9.17, 15) is 0 Å². The van der Waals surface area contributed by atoms with Crippen LogP contribution < -0.4 is 0 Å². The molecule has 9 heavy (non-hydrogen) atoms. The summed E-state index contributed by atoms with van der Waals surface area (Å²) in [4.78, 5) is 2.08. The molecule has 0 saturated heterocycles. The van der Waals surface area contributed by atoms with Crippen LogP contribution in [0.4, 0.5) is 0 Å². The second-order valence-corrected chi connectivity index (χ2v) is 2.91. The van der Waals surface area contributed by atoms with Crippen molar-refractivity contribution in [2.24, 2.45) is 0 Å². The molecule has 0 radical (unpaired) electrons. The monoisotopic (exact) mass is 185 g/mol. The third kappa shape index (κ3) is 3.07. The zero-order valence-electron chi connectivity index (χ0n) is 4.90. The van der Waals surface area contributed by atoms with Crippen molar-refractivity contribution in [3.8, 4) is 0 Å². The predicted octanol–water partition coefficient (Wildman–Crippen LogP) is 1.26. The van der Waals surface area contributed by atoms with Crippen LogP contribution >= 0.6 is 0 Å². The van der Waals surface area contributed by atoms with Crippen LogP contribution in [0.1, 0.15) is 0 Å². The summed E-state index contributed by atoms with van der Waals surface area (Å²) >= 11 is 0.305. The van der Waals surface area contributed by atoms with E-state index in [1.807, 2.05) is 36.5 Å². The first kappa shape index (κ1) is 6.53. The Morgan fingerprint density at radius 3 is 2.67 bits per heavy atom. The van der Waals surface area contributed by atoms with Crippen molar-refractivity contribution < 1.29 is 0 Å². The Balaban J connectivity index is 3.04. The summed E-state index contributed by atoms with van der Waals surface area (Å²) in [6.45, 7) is 0. The summed E-state index contributed by atoms with van der Waals surface area (Å²) in [7, 11) is 0. The summed E-state index contributed by atoms with van der Waals surface area (Å²) < 4.78 is 4.11. The Hall–Kier alpha value is -0.591. The topological polar surface area (TPSA) is 12.9 Å². The fourth-order valence-corrected chi connectivity index (χ4v) is 1.21. The molecular formula is C7H7NSe. The molecule has 1 nitrogen and oxygen atoms in total. The third-order valence-corrected chi connectivity index (χ3v) is 1.89. The van der Waals surface area contributed by atoms with Crippen molar-refractivity contribution in [3.63, 3.8) is 0 Å². The number of rotatable bonds is 0. The molecule has 0 spiro atoms. The maximum atomic E-state index is 4.11. The number of hydrogen-bond acceptors (Lipinski definition) is 1. The number of aromatic nitrogens is 1. The van der Waals surface area contributed by atoms with E-state index >= 15 is 0 Å². The SMILES string of the molecule is c1cccn[se]ccc1. The summed E-state index contributed by atoms with van der Waals surface area (Å²) in [5.74, 6) is 0. The molecule has 0 aromatic carbocycles. The molecule has 0 aliphatic rings. The molecule has 0 aliphatic carbocycles. The van der Waals surface area contributed by atoms with Crippen molar-refractivity contribution in [2.45, 2.75) is 0 Å². The minimum absolute atomic E-state index is 0.305. The van der Waals surface area contributed by atoms with Crippen molar-refractivity contribution in [2.75, 3.05) is 0 Å². The Labute approximate surface area is 60.7 Å². The van der Waals surface area contributed by atoms with E-state index in [0.29, 0.717) is 14.7 Å². The first-order valence-corrected chi connectivity index (χ1v) is 4.43. The normalized spacial score (nSPS) is 8.00. The molecule has 1 heterocycles. The van der Waals surface area contributed by atoms with Gasteiger partial charge in [0.05, 0.1) is 0 Å². The number of hydrogen-bond donors (Lipinski definition) is 0. The van der Waals surface area contributed by atoms with Gasteiger partial charge in [0.1, 0.15) is 0 Å². The molecule has 0 aliphatic heterocycles. The average molecular weight is 184 g/mol. The van der Waals surface area contributed by atoms with Gasteiger partial charge in [-0.15, -0.1) is 0 Å². The molecule has 46 valence electrons. The van der Waals surface area contributed by atoms with Gasteiger partial charge in [-0.2, -0.15) is 0 Å². The fourth-order valence-electron chi connectivity index (χ4n) is 0.428. The van der Waals surface area contributed by atoms with Crippen LogP contribution in [0.3, 0.4) is 0 Å². The van der Waals surface area contributed by atoms with E-state index in [1.165, 1.54) is 0 Å². The average Bonchev–Trinajstić information content (AvgIpc) is 2.00. The third-order valence-electron chi connectivity index (χ3n) is 0.792. The van der Waals surface area contributed by atoms with Gasteiger partial charge in [-0.3, -0.25) is 0 Å². The molecule has 0 N–H and O–H groups in total. The van der Waals surface area contributed by atoms with Crippen LogP contribution in [0.25, 0.3) is 0 Å². The van der Waals surface area contributed by atoms with Crippen LogP contribution in [-0.4, -0.2) is 18.7 Å². The standard InChI is InChI=1S/C7H7NSe/c1-2-4-6-8-9-7-5-3-1/h1-7H. The van der Waals surface area contributed by atoms with Gasteiger partial charge in [0.25, 0.3) is 0 Å². The fraction of sp³-hybridized carbons (Fsp3) is 0. The first-order valence-electron chi connectivity index (χ1n) is 2.68. The Kier molecular flexibility index (Phi) is 3.12. The molecule has 1 aromatic heterocycles. The molecule has 0 bridgehead atoms. The molecule has 2 heteroatoms. The predicted molar refractivity (Wildman–Crippen MR) is 38.8 cm³/mol. The quantitative estimate of drug-likeness (QED) is 0.553. The minimum atomic E-state index is 0.305. The Morgan fingerprint density at radius 2 is 1.67 bits per heavy atom. The molecule has 0 fully saturated rings. The van der Waals surface area contributed by atoms with E-state index in [4.69, 9.17) is 0 Å². The van der Waals surface area contributed by atoms with E-state index < -0.39 is 0 Å². The van der Waals surface area contributed by atoms with Crippen molar-refractivity contribution in [3.05, 3.63) is 41.5 Å². The van der Waals surface area contributed by atoms with Crippen molar-refractivity contribution in [1.82, 2.24) is 3.98 Å². The van der Waals surface area contributed by atoms with E-state index in [0.717, 1.165) is 0 Å². The van der Waals surface area contributed by atoms with E-state index in [2.05, 4.69) is 8.92 Å². The van der Waals surface area contributed by atoms with E-state index in [-0.39, 0.29) is 0 Å².